The Morgan fingerprint density at radius 2 is 1.78 bits per heavy atom. The van der Waals surface area contributed by atoms with E-state index in [-0.39, 0.29) is 12.1 Å². The average Bonchev–Trinajstić information content (AvgIpc) is 3.40. The quantitative estimate of drug-likeness (QED) is 0.265. The van der Waals surface area contributed by atoms with Gasteiger partial charge in [0.15, 0.2) is 10.2 Å². The summed E-state index contributed by atoms with van der Waals surface area (Å²) in [4.78, 5) is 7.73. The Morgan fingerprint density at radius 1 is 1.00 bits per heavy atom. The largest absolute Gasteiger partial charge is 0.452 e. The molecule has 4 aromatic rings. The van der Waals surface area contributed by atoms with Crippen molar-refractivity contribution >= 4 is 62.3 Å². The molecule has 1 aliphatic rings. The molecule has 2 aromatic heterocycles. The number of halogens is 2. The molecule has 160 valence electrons. The van der Waals surface area contributed by atoms with Crippen LogP contribution in [0.25, 0.3) is 0 Å². The lowest BCUT2D eigenvalue weighted by molar-refractivity contribution is 0.383. The standard InChI is InChI=1S/C24H17BrClN3OS2/c25-15-4-8-17(9-5-15)29-23(22(28-24(29)31)19-3-1-2-14-27-19)20-12-13-21(30-20)32-18-10-6-16(26)7-11-18/h1-14,22-23H,(H,28,31). The van der Waals surface area contributed by atoms with E-state index in [9.17, 15) is 0 Å². The van der Waals surface area contributed by atoms with E-state index in [1.807, 2.05) is 78.9 Å². The SMILES string of the molecule is S=C1NC(c2ccccn2)C(c2ccc(Sc3ccc(Cl)cc3)o2)N1c1ccc(Br)cc1. The fourth-order valence-electron chi connectivity index (χ4n) is 3.69. The normalized spacial score (nSPS) is 18.1. The van der Waals surface area contributed by atoms with Gasteiger partial charge in [0.05, 0.1) is 11.7 Å². The van der Waals surface area contributed by atoms with E-state index in [4.69, 9.17) is 28.2 Å². The van der Waals surface area contributed by atoms with Gasteiger partial charge in [-0.05, 0) is 85.0 Å². The van der Waals surface area contributed by atoms with Crippen LogP contribution in [-0.2, 0) is 0 Å². The third-order valence-corrected chi connectivity index (χ3v) is 7.15. The molecule has 0 saturated carbocycles. The van der Waals surface area contributed by atoms with Crippen LogP contribution in [-0.4, -0.2) is 10.1 Å². The fourth-order valence-corrected chi connectivity index (χ4v) is 5.21. The van der Waals surface area contributed by atoms with Crippen molar-refractivity contribution in [2.24, 2.45) is 0 Å². The summed E-state index contributed by atoms with van der Waals surface area (Å²) < 4.78 is 7.34. The maximum absolute atomic E-state index is 6.33. The summed E-state index contributed by atoms with van der Waals surface area (Å²) in [5.74, 6) is 0.812. The zero-order valence-corrected chi connectivity index (χ0v) is 20.6. The molecule has 0 amide bonds. The number of hydrogen-bond donors (Lipinski definition) is 1. The summed E-state index contributed by atoms with van der Waals surface area (Å²) in [7, 11) is 0. The van der Waals surface area contributed by atoms with Gasteiger partial charge in [-0.1, -0.05) is 45.4 Å². The molecule has 2 atom stereocenters. The summed E-state index contributed by atoms with van der Waals surface area (Å²) in [5.41, 5.74) is 1.89. The van der Waals surface area contributed by atoms with Crippen LogP contribution in [0.1, 0.15) is 23.5 Å². The zero-order chi connectivity index (χ0) is 22.1. The van der Waals surface area contributed by atoms with Gasteiger partial charge in [0.1, 0.15) is 11.8 Å². The van der Waals surface area contributed by atoms with Crippen LogP contribution in [0.2, 0.25) is 5.02 Å². The third kappa shape index (κ3) is 4.43. The van der Waals surface area contributed by atoms with E-state index in [1.165, 1.54) is 0 Å². The third-order valence-electron chi connectivity index (χ3n) is 5.13. The van der Waals surface area contributed by atoms with E-state index >= 15 is 0 Å². The molecule has 8 heteroatoms. The Balaban J connectivity index is 1.52. The van der Waals surface area contributed by atoms with Crippen molar-refractivity contribution in [2.75, 3.05) is 4.90 Å². The maximum Gasteiger partial charge on any atom is 0.174 e. The fraction of sp³-hybridized carbons (Fsp3) is 0.0833. The topological polar surface area (TPSA) is 41.3 Å². The average molecular weight is 543 g/mol. The molecule has 2 aromatic carbocycles. The number of pyridine rings is 1. The number of thiocarbonyl (C=S) groups is 1. The van der Waals surface area contributed by atoms with Crippen molar-refractivity contribution in [3.05, 3.63) is 106 Å². The number of hydrogen-bond acceptors (Lipinski definition) is 4. The van der Waals surface area contributed by atoms with E-state index in [2.05, 4.69) is 31.1 Å². The van der Waals surface area contributed by atoms with Crippen molar-refractivity contribution in [3.8, 4) is 0 Å². The lowest BCUT2D eigenvalue weighted by Gasteiger charge is -2.26. The molecule has 3 heterocycles. The number of rotatable bonds is 5. The molecule has 1 fully saturated rings. The molecule has 1 aliphatic heterocycles. The molecule has 1 N–H and O–H groups in total. The molecule has 0 spiro atoms. The van der Waals surface area contributed by atoms with Gasteiger partial charge in [-0.25, -0.2) is 0 Å². The molecule has 2 unspecified atom stereocenters. The molecular formula is C24H17BrClN3OS2. The van der Waals surface area contributed by atoms with Crippen LogP contribution in [0.15, 0.2) is 104 Å². The van der Waals surface area contributed by atoms with Crippen LogP contribution in [0.4, 0.5) is 5.69 Å². The summed E-state index contributed by atoms with van der Waals surface area (Å²) in [5, 5.41) is 5.60. The lowest BCUT2D eigenvalue weighted by atomic mass is 10.0. The van der Waals surface area contributed by atoms with Crippen LogP contribution in [0.5, 0.6) is 0 Å². The molecule has 4 nitrogen and oxygen atoms in total. The van der Waals surface area contributed by atoms with Gasteiger partial charge in [-0.15, -0.1) is 0 Å². The molecule has 0 bridgehead atoms. The smallest absolute Gasteiger partial charge is 0.174 e. The maximum atomic E-state index is 6.33. The predicted molar refractivity (Wildman–Crippen MR) is 136 cm³/mol. The van der Waals surface area contributed by atoms with E-state index in [0.717, 1.165) is 31.6 Å². The Bertz CT molecular complexity index is 1230. The minimum absolute atomic E-state index is 0.146. The molecule has 0 aliphatic carbocycles. The van der Waals surface area contributed by atoms with Gasteiger partial charge >= 0.3 is 0 Å². The molecule has 1 saturated heterocycles. The van der Waals surface area contributed by atoms with Gasteiger partial charge in [-0.2, -0.15) is 0 Å². The molecule has 0 radical (unpaired) electrons. The molecular weight excluding hydrogens is 526 g/mol. The highest BCUT2D eigenvalue weighted by molar-refractivity contribution is 9.10. The first kappa shape index (κ1) is 21.5. The Kier molecular flexibility index (Phi) is 6.24. The van der Waals surface area contributed by atoms with Crippen LogP contribution in [0, 0.1) is 0 Å². The summed E-state index contributed by atoms with van der Waals surface area (Å²) in [6.45, 7) is 0. The number of nitrogens with zero attached hydrogens (tertiary/aromatic N) is 2. The minimum Gasteiger partial charge on any atom is -0.452 e. The lowest BCUT2D eigenvalue weighted by Crippen LogP contribution is -2.29. The first-order valence-corrected chi connectivity index (χ1v) is 12.3. The van der Waals surface area contributed by atoms with E-state index in [1.54, 1.807) is 18.0 Å². The number of furan rings is 1. The number of aromatic nitrogens is 1. The minimum atomic E-state index is -0.182. The van der Waals surface area contributed by atoms with Gasteiger partial charge in [0.2, 0.25) is 0 Å². The summed E-state index contributed by atoms with van der Waals surface area (Å²) in [6.07, 6.45) is 1.80. The Morgan fingerprint density at radius 3 is 2.50 bits per heavy atom. The second-order valence-electron chi connectivity index (χ2n) is 7.19. The van der Waals surface area contributed by atoms with E-state index < -0.39 is 0 Å². The van der Waals surface area contributed by atoms with Crippen molar-refractivity contribution in [2.45, 2.75) is 22.1 Å². The monoisotopic (exact) mass is 541 g/mol. The van der Waals surface area contributed by atoms with Gasteiger partial charge < -0.3 is 14.6 Å². The van der Waals surface area contributed by atoms with Crippen LogP contribution < -0.4 is 10.2 Å². The van der Waals surface area contributed by atoms with Crippen LogP contribution in [0.3, 0.4) is 0 Å². The van der Waals surface area contributed by atoms with Gasteiger partial charge in [-0.3, -0.25) is 4.98 Å². The predicted octanol–water partition coefficient (Wildman–Crippen LogP) is 7.42. The van der Waals surface area contributed by atoms with Crippen molar-refractivity contribution in [3.63, 3.8) is 0 Å². The van der Waals surface area contributed by atoms with Crippen molar-refractivity contribution in [1.29, 1.82) is 0 Å². The van der Waals surface area contributed by atoms with E-state index in [0.29, 0.717) is 10.1 Å². The van der Waals surface area contributed by atoms with Gasteiger partial charge in [0.25, 0.3) is 0 Å². The van der Waals surface area contributed by atoms with Crippen molar-refractivity contribution in [1.82, 2.24) is 10.3 Å². The second-order valence-corrected chi connectivity index (χ2v) is 10.0. The van der Waals surface area contributed by atoms with Gasteiger partial charge in [0, 0.05) is 26.3 Å². The molecule has 32 heavy (non-hydrogen) atoms. The zero-order valence-electron chi connectivity index (χ0n) is 16.6. The highest BCUT2D eigenvalue weighted by Crippen LogP contribution is 2.43. The molecule has 5 rings (SSSR count). The van der Waals surface area contributed by atoms with Crippen molar-refractivity contribution < 1.29 is 4.42 Å². The first-order valence-electron chi connectivity index (χ1n) is 9.88. The second kappa shape index (κ2) is 9.27. The summed E-state index contributed by atoms with van der Waals surface area (Å²) in [6, 6.07) is 25.4. The number of benzene rings is 2. The highest BCUT2D eigenvalue weighted by atomic mass is 79.9. The summed E-state index contributed by atoms with van der Waals surface area (Å²) >= 11 is 16.8. The number of anilines is 1. The highest BCUT2D eigenvalue weighted by Gasteiger charge is 2.42. The number of nitrogens with one attached hydrogen (secondary N) is 1. The first-order chi connectivity index (χ1) is 15.6. The Labute approximate surface area is 209 Å². The van der Waals surface area contributed by atoms with Crippen LogP contribution >= 0.6 is 51.5 Å². The Hall–Kier alpha value is -2.32.